The van der Waals surface area contributed by atoms with Crippen molar-refractivity contribution >= 4 is 23.8 Å². The Morgan fingerprint density at radius 2 is 2.07 bits per heavy atom. The number of aromatic nitrogens is 2. The molecular formula is C19H21N5O5. The molecule has 152 valence electrons. The number of H-pyrrole nitrogens is 1. The molecule has 0 saturated carbocycles. The van der Waals surface area contributed by atoms with Crippen LogP contribution in [-0.2, 0) is 32.1 Å². The quantitative estimate of drug-likeness (QED) is 0.567. The number of hydrogen-bond acceptors (Lipinski definition) is 6. The minimum Gasteiger partial charge on any atom is -0.459 e. The molecule has 29 heavy (non-hydrogen) atoms. The standard InChI is InChI=1S/C19H21N5O5/c1-24-16(25)8-14(23-19(24)28)17(26)22-15(7-13-9-20-11-21-13)18(27)29-10-12-5-3-2-4-6-12/h2-6,9,11,14-15H,7-8,10H2,1H3,(H,20,21)(H,22,26)(H,23,28)/t14-,15+/m0/s1. The van der Waals surface area contributed by atoms with Gasteiger partial charge in [-0.15, -0.1) is 0 Å². The Morgan fingerprint density at radius 3 is 2.72 bits per heavy atom. The monoisotopic (exact) mass is 399 g/mol. The normalized spacial score (nSPS) is 17.4. The Morgan fingerprint density at radius 1 is 1.31 bits per heavy atom. The van der Waals surface area contributed by atoms with Crippen molar-refractivity contribution in [3.63, 3.8) is 0 Å². The lowest BCUT2D eigenvalue weighted by atomic mass is 10.1. The Bertz CT molecular complexity index is 866. The molecule has 3 rings (SSSR count). The van der Waals surface area contributed by atoms with E-state index in [4.69, 9.17) is 4.74 Å². The Balaban J connectivity index is 1.66. The van der Waals surface area contributed by atoms with E-state index in [0.29, 0.717) is 5.69 Å². The summed E-state index contributed by atoms with van der Waals surface area (Å²) in [6, 6.07) is 6.39. The zero-order valence-electron chi connectivity index (χ0n) is 15.8. The highest BCUT2D eigenvalue weighted by molar-refractivity contribution is 6.02. The topological polar surface area (TPSA) is 133 Å². The lowest BCUT2D eigenvalue weighted by Gasteiger charge is -2.29. The summed E-state index contributed by atoms with van der Waals surface area (Å²) in [6.07, 6.45) is 2.92. The van der Waals surface area contributed by atoms with Gasteiger partial charge in [-0.25, -0.2) is 14.6 Å². The van der Waals surface area contributed by atoms with E-state index in [-0.39, 0.29) is 19.4 Å². The van der Waals surface area contributed by atoms with Crippen LogP contribution in [0.3, 0.4) is 0 Å². The van der Waals surface area contributed by atoms with E-state index in [1.54, 1.807) is 0 Å². The van der Waals surface area contributed by atoms with Crippen molar-refractivity contribution < 1.29 is 23.9 Å². The van der Waals surface area contributed by atoms with E-state index in [1.807, 2.05) is 30.3 Å². The molecule has 2 heterocycles. The maximum Gasteiger partial charge on any atom is 0.329 e. The SMILES string of the molecule is CN1C(=O)C[C@@H](C(=O)N[C@H](Cc2cnc[nH]2)C(=O)OCc2ccccc2)NC1=O. The molecule has 0 unspecified atom stereocenters. The number of esters is 1. The van der Waals surface area contributed by atoms with E-state index < -0.39 is 35.9 Å². The molecule has 2 aromatic rings. The number of hydrogen-bond donors (Lipinski definition) is 3. The molecule has 0 aliphatic carbocycles. The van der Waals surface area contributed by atoms with Crippen LogP contribution in [-0.4, -0.2) is 57.8 Å². The number of carbonyl (C=O) groups is 4. The van der Waals surface area contributed by atoms with Gasteiger partial charge >= 0.3 is 12.0 Å². The Hall–Kier alpha value is -3.69. The molecule has 10 nitrogen and oxygen atoms in total. The third-order valence-corrected chi connectivity index (χ3v) is 4.48. The molecule has 1 aliphatic rings. The van der Waals surface area contributed by atoms with Gasteiger partial charge in [-0.3, -0.25) is 14.5 Å². The van der Waals surface area contributed by atoms with Crippen LogP contribution in [0.15, 0.2) is 42.9 Å². The number of urea groups is 1. The van der Waals surface area contributed by atoms with Gasteiger partial charge in [0.2, 0.25) is 11.8 Å². The summed E-state index contributed by atoms with van der Waals surface area (Å²) in [6.45, 7) is 0.0540. The molecule has 0 spiro atoms. The summed E-state index contributed by atoms with van der Waals surface area (Å²) >= 11 is 0. The number of imide groups is 1. The van der Waals surface area contributed by atoms with Crippen LogP contribution in [0.4, 0.5) is 4.79 Å². The number of imidazole rings is 1. The van der Waals surface area contributed by atoms with Gasteiger partial charge in [-0.2, -0.15) is 0 Å². The van der Waals surface area contributed by atoms with Crippen LogP contribution in [0.25, 0.3) is 0 Å². The maximum absolute atomic E-state index is 12.6. The molecule has 10 heteroatoms. The van der Waals surface area contributed by atoms with Crippen LogP contribution < -0.4 is 10.6 Å². The molecular weight excluding hydrogens is 378 g/mol. The predicted molar refractivity (Wildman–Crippen MR) is 100 cm³/mol. The molecule has 4 amide bonds. The number of nitrogens with zero attached hydrogens (tertiary/aromatic N) is 2. The Labute approximate surface area is 166 Å². The first-order chi connectivity index (χ1) is 13.9. The number of benzene rings is 1. The predicted octanol–water partition coefficient (Wildman–Crippen LogP) is 0.121. The summed E-state index contributed by atoms with van der Waals surface area (Å²) in [7, 11) is 1.33. The van der Waals surface area contributed by atoms with Crippen LogP contribution >= 0.6 is 0 Å². The van der Waals surface area contributed by atoms with E-state index in [9.17, 15) is 19.2 Å². The van der Waals surface area contributed by atoms with Crippen molar-refractivity contribution in [1.82, 2.24) is 25.5 Å². The van der Waals surface area contributed by atoms with Gasteiger partial charge in [-0.1, -0.05) is 30.3 Å². The van der Waals surface area contributed by atoms with Crippen molar-refractivity contribution in [3.05, 3.63) is 54.1 Å². The Kier molecular flexibility index (Phi) is 6.22. The van der Waals surface area contributed by atoms with E-state index in [2.05, 4.69) is 20.6 Å². The zero-order valence-corrected chi connectivity index (χ0v) is 15.8. The lowest BCUT2D eigenvalue weighted by Crippen LogP contribution is -2.60. The number of aromatic amines is 1. The molecule has 0 bridgehead atoms. The highest BCUT2D eigenvalue weighted by atomic mass is 16.5. The second-order valence-corrected chi connectivity index (χ2v) is 6.59. The second-order valence-electron chi connectivity index (χ2n) is 6.59. The average molecular weight is 399 g/mol. The van der Waals surface area contributed by atoms with Gasteiger partial charge in [0.05, 0.1) is 12.7 Å². The number of nitrogens with one attached hydrogen (secondary N) is 3. The number of carbonyl (C=O) groups excluding carboxylic acids is 4. The minimum absolute atomic E-state index is 0.0540. The van der Waals surface area contributed by atoms with Crippen LogP contribution in [0.1, 0.15) is 17.7 Å². The molecule has 0 radical (unpaired) electrons. The van der Waals surface area contributed by atoms with Gasteiger partial charge in [0.15, 0.2) is 0 Å². The number of amides is 4. The molecule has 1 aromatic carbocycles. The fraction of sp³-hybridized carbons (Fsp3) is 0.316. The zero-order chi connectivity index (χ0) is 20.8. The summed E-state index contributed by atoms with van der Waals surface area (Å²) in [4.78, 5) is 56.5. The van der Waals surface area contributed by atoms with E-state index >= 15 is 0 Å². The molecule has 1 aromatic heterocycles. The largest absolute Gasteiger partial charge is 0.459 e. The summed E-state index contributed by atoms with van der Waals surface area (Å²) < 4.78 is 5.34. The second kappa shape index (κ2) is 9.00. The van der Waals surface area contributed by atoms with Crippen LogP contribution in [0.5, 0.6) is 0 Å². The smallest absolute Gasteiger partial charge is 0.329 e. The van der Waals surface area contributed by atoms with Gasteiger partial charge in [0.1, 0.15) is 18.7 Å². The summed E-state index contributed by atoms with van der Waals surface area (Å²) in [5, 5.41) is 5.01. The van der Waals surface area contributed by atoms with Crippen molar-refractivity contribution in [1.29, 1.82) is 0 Å². The first-order valence-corrected chi connectivity index (χ1v) is 8.99. The molecule has 1 fully saturated rings. The van der Waals surface area contributed by atoms with E-state index in [0.717, 1.165) is 10.5 Å². The first-order valence-electron chi connectivity index (χ1n) is 8.99. The van der Waals surface area contributed by atoms with Crippen LogP contribution in [0, 0.1) is 0 Å². The fourth-order valence-corrected chi connectivity index (χ4v) is 2.79. The highest BCUT2D eigenvalue weighted by Crippen LogP contribution is 2.09. The number of rotatable bonds is 7. The van der Waals surface area contributed by atoms with Gasteiger partial charge in [0, 0.05) is 25.4 Å². The molecule has 2 atom stereocenters. The van der Waals surface area contributed by atoms with Crippen molar-refractivity contribution in [2.45, 2.75) is 31.5 Å². The van der Waals surface area contributed by atoms with Crippen molar-refractivity contribution in [3.8, 4) is 0 Å². The van der Waals surface area contributed by atoms with Gasteiger partial charge < -0.3 is 20.4 Å². The fourth-order valence-electron chi connectivity index (χ4n) is 2.79. The van der Waals surface area contributed by atoms with Gasteiger partial charge in [0.25, 0.3) is 0 Å². The van der Waals surface area contributed by atoms with Crippen molar-refractivity contribution in [2.75, 3.05) is 7.05 Å². The molecule has 3 N–H and O–H groups in total. The maximum atomic E-state index is 12.6. The first kappa shape index (κ1) is 20.1. The van der Waals surface area contributed by atoms with Crippen LogP contribution in [0.2, 0.25) is 0 Å². The minimum atomic E-state index is -1.06. The molecule has 1 saturated heterocycles. The average Bonchev–Trinajstić information content (AvgIpc) is 3.23. The highest BCUT2D eigenvalue weighted by Gasteiger charge is 2.35. The third-order valence-electron chi connectivity index (χ3n) is 4.48. The summed E-state index contributed by atoms with van der Waals surface area (Å²) in [5.41, 5.74) is 1.43. The number of ether oxygens (including phenoxy) is 1. The summed E-state index contributed by atoms with van der Waals surface area (Å²) in [5.74, 6) is -1.76. The van der Waals surface area contributed by atoms with Crippen molar-refractivity contribution in [2.24, 2.45) is 0 Å². The molecule has 1 aliphatic heterocycles. The third kappa shape index (κ3) is 5.18. The lowest BCUT2D eigenvalue weighted by molar-refractivity contribution is -0.149. The van der Waals surface area contributed by atoms with Gasteiger partial charge in [-0.05, 0) is 5.56 Å². The van der Waals surface area contributed by atoms with E-state index in [1.165, 1.54) is 19.6 Å².